The van der Waals surface area contributed by atoms with Crippen molar-refractivity contribution in [2.45, 2.75) is 12.8 Å². The van der Waals surface area contributed by atoms with Crippen LogP contribution in [-0.2, 0) is 4.74 Å². The average molecular weight is 507 g/mol. The minimum absolute atomic E-state index is 0.0540. The standard InChI is InChI=1S/C30H26N4O4/c1-4-37-29(32)28-22(18-31)25(20-15-16-23(35-2)24(17-20)36-3)26-27(19-11-7-5-8-12-19)33-34(30(26)38-28)21-13-9-6-10-14-21/h5-17,25,32H,4H2,1-3H3. The molecule has 0 fully saturated rings. The van der Waals surface area contributed by atoms with Crippen LogP contribution in [0.1, 0.15) is 24.0 Å². The molecule has 0 amide bonds. The number of aromatic nitrogens is 2. The predicted molar refractivity (Wildman–Crippen MR) is 143 cm³/mol. The zero-order valence-corrected chi connectivity index (χ0v) is 21.3. The molecule has 190 valence electrons. The molecule has 2 heterocycles. The third-order valence-electron chi connectivity index (χ3n) is 6.30. The topological polar surface area (TPSA) is 102 Å². The van der Waals surface area contributed by atoms with E-state index in [9.17, 15) is 5.26 Å². The van der Waals surface area contributed by atoms with Crippen LogP contribution in [0, 0.1) is 16.7 Å². The van der Waals surface area contributed by atoms with Crippen LogP contribution in [0.4, 0.5) is 0 Å². The minimum Gasteiger partial charge on any atom is -0.493 e. The molecule has 1 N–H and O–H groups in total. The molecule has 0 bridgehead atoms. The number of nitrogens with one attached hydrogen (secondary N) is 1. The van der Waals surface area contributed by atoms with Gasteiger partial charge in [0, 0.05) is 5.56 Å². The molecule has 0 radical (unpaired) electrons. The highest BCUT2D eigenvalue weighted by Gasteiger charge is 2.40. The maximum atomic E-state index is 10.4. The van der Waals surface area contributed by atoms with E-state index in [0.29, 0.717) is 28.6 Å². The highest BCUT2D eigenvalue weighted by Crippen LogP contribution is 2.49. The van der Waals surface area contributed by atoms with E-state index >= 15 is 0 Å². The smallest absolute Gasteiger partial charge is 0.251 e. The van der Waals surface area contributed by atoms with Crippen LogP contribution >= 0.6 is 0 Å². The normalized spacial score (nSPS) is 14.2. The van der Waals surface area contributed by atoms with Gasteiger partial charge in [-0.1, -0.05) is 54.6 Å². The fourth-order valence-electron chi connectivity index (χ4n) is 4.61. The highest BCUT2D eigenvalue weighted by atomic mass is 16.5. The Balaban J connectivity index is 1.85. The van der Waals surface area contributed by atoms with Crippen LogP contribution in [0.2, 0.25) is 0 Å². The van der Waals surface area contributed by atoms with Crippen molar-refractivity contribution < 1.29 is 18.9 Å². The van der Waals surface area contributed by atoms with Crippen molar-refractivity contribution in [3.05, 3.63) is 101 Å². The summed E-state index contributed by atoms with van der Waals surface area (Å²) in [7, 11) is 3.14. The molecule has 1 aliphatic rings. The van der Waals surface area contributed by atoms with Crippen molar-refractivity contribution in [1.82, 2.24) is 9.78 Å². The first kappa shape index (κ1) is 24.7. The van der Waals surface area contributed by atoms with Crippen LogP contribution in [0.5, 0.6) is 17.4 Å². The molecule has 1 aliphatic heterocycles. The van der Waals surface area contributed by atoms with E-state index in [0.717, 1.165) is 16.8 Å². The monoisotopic (exact) mass is 506 g/mol. The van der Waals surface area contributed by atoms with Crippen molar-refractivity contribution in [2.75, 3.05) is 20.8 Å². The first-order valence-corrected chi connectivity index (χ1v) is 12.1. The summed E-state index contributed by atoms with van der Waals surface area (Å²) >= 11 is 0. The molecule has 5 rings (SSSR count). The van der Waals surface area contributed by atoms with Crippen molar-refractivity contribution in [2.24, 2.45) is 0 Å². The lowest BCUT2D eigenvalue weighted by atomic mass is 9.82. The molecular weight excluding hydrogens is 480 g/mol. The second kappa shape index (κ2) is 10.5. The van der Waals surface area contributed by atoms with Crippen LogP contribution in [-0.4, -0.2) is 36.5 Å². The fourth-order valence-corrected chi connectivity index (χ4v) is 4.61. The number of nitriles is 1. The largest absolute Gasteiger partial charge is 0.493 e. The van der Waals surface area contributed by atoms with Gasteiger partial charge in [-0.15, -0.1) is 0 Å². The van der Waals surface area contributed by atoms with Gasteiger partial charge >= 0.3 is 0 Å². The lowest BCUT2D eigenvalue weighted by molar-refractivity contribution is 0.294. The summed E-state index contributed by atoms with van der Waals surface area (Å²) in [5.41, 5.74) is 4.02. The number of benzene rings is 3. The number of fused-ring (bicyclic) bond motifs is 1. The molecule has 1 unspecified atom stereocenters. The zero-order chi connectivity index (χ0) is 26.6. The quantitative estimate of drug-likeness (QED) is 0.248. The Kier molecular flexibility index (Phi) is 6.83. The van der Waals surface area contributed by atoms with Gasteiger partial charge in [-0.05, 0) is 36.8 Å². The number of rotatable bonds is 7. The highest BCUT2D eigenvalue weighted by molar-refractivity contribution is 5.93. The number of para-hydroxylation sites is 1. The molecule has 8 heteroatoms. The van der Waals surface area contributed by atoms with Crippen molar-refractivity contribution in [1.29, 1.82) is 10.7 Å². The Hall–Kier alpha value is -5.03. The van der Waals surface area contributed by atoms with E-state index < -0.39 is 5.92 Å². The molecule has 0 saturated carbocycles. The zero-order valence-electron chi connectivity index (χ0n) is 21.3. The van der Waals surface area contributed by atoms with Crippen molar-refractivity contribution in [3.63, 3.8) is 0 Å². The number of hydrogen-bond acceptors (Lipinski definition) is 7. The van der Waals surface area contributed by atoms with Gasteiger partial charge in [-0.3, -0.25) is 5.41 Å². The van der Waals surface area contributed by atoms with Crippen LogP contribution in [0.3, 0.4) is 0 Å². The Morgan fingerprint density at radius 1 is 1.00 bits per heavy atom. The number of ether oxygens (including phenoxy) is 4. The molecule has 0 spiro atoms. The molecule has 8 nitrogen and oxygen atoms in total. The Morgan fingerprint density at radius 2 is 1.68 bits per heavy atom. The van der Waals surface area contributed by atoms with E-state index in [1.165, 1.54) is 0 Å². The second-order valence-corrected chi connectivity index (χ2v) is 8.45. The van der Waals surface area contributed by atoms with E-state index in [1.54, 1.807) is 31.9 Å². The molecular formula is C30H26N4O4. The summed E-state index contributed by atoms with van der Waals surface area (Å²) < 4.78 is 24.6. The van der Waals surface area contributed by atoms with E-state index in [4.69, 9.17) is 29.5 Å². The maximum Gasteiger partial charge on any atom is 0.251 e. The van der Waals surface area contributed by atoms with Crippen LogP contribution in [0.25, 0.3) is 16.9 Å². The fraction of sp³-hybridized carbons (Fsp3) is 0.167. The van der Waals surface area contributed by atoms with Gasteiger partial charge in [-0.25, -0.2) is 0 Å². The van der Waals surface area contributed by atoms with Gasteiger partial charge in [0.1, 0.15) is 5.69 Å². The summed E-state index contributed by atoms with van der Waals surface area (Å²) in [6.07, 6.45) is 0. The molecule has 38 heavy (non-hydrogen) atoms. The summed E-state index contributed by atoms with van der Waals surface area (Å²) in [5.74, 6) is 0.714. The third kappa shape index (κ3) is 4.24. The van der Waals surface area contributed by atoms with Gasteiger partial charge in [0.15, 0.2) is 11.5 Å². The first-order valence-electron chi connectivity index (χ1n) is 12.1. The minimum atomic E-state index is -0.618. The summed E-state index contributed by atoms with van der Waals surface area (Å²) in [6.45, 7) is 2.04. The van der Waals surface area contributed by atoms with Crippen LogP contribution in [0.15, 0.2) is 90.2 Å². The van der Waals surface area contributed by atoms with Crippen molar-refractivity contribution in [3.8, 4) is 40.4 Å². The molecule has 1 atom stereocenters. The summed E-state index contributed by atoms with van der Waals surface area (Å²) in [5, 5.41) is 24.0. The van der Waals surface area contributed by atoms with Gasteiger partial charge in [-0.2, -0.15) is 15.0 Å². The number of methoxy groups -OCH3 is 2. The third-order valence-corrected chi connectivity index (χ3v) is 6.30. The maximum absolute atomic E-state index is 10.4. The van der Waals surface area contributed by atoms with Crippen molar-refractivity contribution >= 4 is 5.90 Å². The van der Waals surface area contributed by atoms with E-state index in [1.807, 2.05) is 72.8 Å². The lowest BCUT2D eigenvalue weighted by Gasteiger charge is -2.27. The van der Waals surface area contributed by atoms with Gasteiger partial charge in [0.2, 0.25) is 11.6 Å². The van der Waals surface area contributed by atoms with Crippen LogP contribution < -0.4 is 14.2 Å². The first-order chi connectivity index (χ1) is 18.6. The second-order valence-electron chi connectivity index (χ2n) is 8.45. The summed E-state index contributed by atoms with van der Waals surface area (Å²) in [4.78, 5) is 0. The Morgan fingerprint density at radius 3 is 2.32 bits per heavy atom. The van der Waals surface area contributed by atoms with E-state index in [2.05, 4.69) is 6.07 Å². The number of nitrogens with zero attached hydrogens (tertiary/aromatic N) is 3. The molecule has 3 aromatic carbocycles. The van der Waals surface area contributed by atoms with Gasteiger partial charge in [0.25, 0.3) is 5.90 Å². The lowest BCUT2D eigenvalue weighted by Crippen LogP contribution is -2.23. The Bertz CT molecular complexity index is 1550. The Labute approximate surface area is 220 Å². The molecule has 4 aromatic rings. The molecule has 0 aliphatic carbocycles. The van der Waals surface area contributed by atoms with E-state index in [-0.39, 0.29) is 23.8 Å². The average Bonchev–Trinajstić information content (AvgIpc) is 3.36. The van der Waals surface area contributed by atoms with Gasteiger partial charge < -0.3 is 18.9 Å². The number of allylic oxidation sites excluding steroid dienone is 1. The SMILES string of the molecule is CCOC(=N)C1=C(C#N)C(c2ccc(OC)c(OC)c2)c2c(-c3ccccc3)nn(-c3ccccc3)c2O1. The summed E-state index contributed by atoms with van der Waals surface area (Å²) in [6, 6.07) is 27.2. The molecule has 0 saturated heterocycles. The van der Waals surface area contributed by atoms with Gasteiger partial charge in [0.05, 0.1) is 49.6 Å². The molecule has 1 aromatic heterocycles. The predicted octanol–water partition coefficient (Wildman–Crippen LogP) is 5.87. The number of hydrogen-bond donors (Lipinski definition) is 1.